The van der Waals surface area contributed by atoms with Gasteiger partial charge in [-0.1, -0.05) is 25.4 Å². The third-order valence-corrected chi connectivity index (χ3v) is 4.99. The van der Waals surface area contributed by atoms with E-state index in [0.29, 0.717) is 17.7 Å². The number of benzene rings is 2. The van der Waals surface area contributed by atoms with Crippen LogP contribution in [-0.2, 0) is 6.42 Å². The number of carboxylic acid groups (broad SMARTS) is 1. The number of hydrogen-bond donors (Lipinski definition) is 3. The lowest BCUT2D eigenvalue weighted by Crippen LogP contribution is -2.34. The van der Waals surface area contributed by atoms with Crippen LogP contribution in [0.1, 0.15) is 41.4 Å². The van der Waals surface area contributed by atoms with Gasteiger partial charge in [0.2, 0.25) is 0 Å². The van der Waals surface area contributed by atoms with Crippen molar-refractivity contribution in [1.82, 2.24) is 5.32 Å². The maximum Gasteiger partial charge on any atom is 0.405 e. The molecule has 3 N–H and O–H groups in total. The summed E-state index contributed by atoms with van der Waals surface area (Å²) in [4.78, 5) is 23.8. The van der Waals surface area contributed by atoms with Crippen LogP contribution in [-0.4, -0.2) is 17.1 Å². The molecule has 0 heterocycles. The Bertz CT molecular complexity index is 947. The molecule has 2 amide bonds. The fraction of sp³-hybridized carbons (Fsp3) is 0.263. The average Bonchev–Trinajstić information content (AvgIpc) is 2.82. The Morgan fingerprint density at radius 3 is 2.48 bits per heavy atom. The van der Waals surface area contributed by atoms with E-state index in [9.17, 15) is 18.4 Å². The second-order valence-electron chi connectivity index (χ2n) is 7.12. The third kappa shape index (κ3) is 3.60. The Balaban J connectivity index is 1.99. The minimum Gasteiger partial charge on any atom is -0.465 e. The molecule has 0 aliphatic heterocycles. The van der Waals surface area contributed by atoms with Gasteiger partial charge in [0.05, 0.1) is 11.1 Å². The lowest BCUT2D eigenvalue weighted by Gasteiger charge is -2.27. The number of nitrogens with one attached hydrogen (secondary N) is 2. The number of rotatable bonds is 3. The van der Waals surface area contributed by atoms with Gasteiger partial charge in [-0.05, 0) is 47.7 Å². The van der Waals surface area contributed by atoms with Gasteiger partial charge in [-0.15, -0.1) is 0 Å². The number of fused-ring (bicyclic) bond motifs is 1. The molecule has 1 aliphatic carbocycles. The number of hydrogen-bond acceptors (Lipinski definition) is 2. The molecule has 3 rings (SSSR count). The van der Waals surface area contributed by atoms with Crippen LogP contribution in [0.5, 0.6) is 0 Å². The molecule has 2 aromatic carbocycles. The first-order valence-corrected chi connectivity index (χ1v) is 8.55. The zero-order valence-corrected chi connectivity index (χ0v) is 15.3. The summed E-state index contributed by atoms with van der Waals surface area (Å²) in [5.41, 5.74) is 0.533. The smallest absolute Gasteiger partial charge is 0.405 e. The van der Waals surface area contributed by atoms with Crippen LogP contribution in [0, 0.1) is 17.0 Å². The van der Waals surface area contributed by atoms with Crippen LogP contribution in [0.25, 0.3) is 0 Å². The quantitative estimate of drug-likeness (QED) is 0.702. The van der Waals surface area contributed by atoms with E-state index in [2.05, 4.69) is 10.6 Å². The second-order valence-corrected chi connectivity index (χ2v) is 7.53. The van der Waals surface area contributed by atoms with Gasteiger partial charge in [-0.25, -0.2) is 13.6 Å². The Morgan fingerprint density at radius 2 is 1.85 bits per heavy atom. The van der Waals surface area contributed by atoms with Crippen molar-refractivity contribution >= 4 is 29.3 Å². The zero-order valence-electron chi connectivity index (χ0n) is 14.6. The summed E-state index contributed by atoms with van der Waals surface area (Å²) < 4.78 is 27.8. The van der Waals surface area contributed by atoms with E-state index in [1.807, 2.05) is 0 Å². The minimum atomic E-state index is -1.27. The van der Waals surface area contributed by atoms with Crippen LogP contribution in [0.3, 0.4) is 0 Å². The van der Waals surface area contributed by atoms with E-state index in [0.717, 1.165) is 12.1 Å². The summed E-state index contributed by atoms with van der Waals surface area (Å²) >= 11 is 5.72. The van der Waals surface area contributed by atoms with Gasteiger partial charge >= 0.3 is 6.09 Å². The van der Waals surface area contributed by atoms with Gasteiger partial charge in [0, 0.05) is 16.8 Å². The molecular weight excluding hydrogens is 378 g/mol. The van der Waals surface area contributed by atoms with Crippen LogP contribution >= 0.6 is 11.6 Å². The zero-order chi connectivity index (χ0) is 19.9. The average molecular weight is 395 g/mol. The summed E-state index contributed by atoms with van der Waals surface area (Å²) in [6, 6.07) is 5.48. The molecule has 8 heteroatoms. The van der Waals surface area contributed by atoms with Crippen molar-refractivity contribution in [1.29, 1.82) is 0 Å². The van der Waals surface area contributed by atoms with E-state index in [1.165, 1.54) is 18.2 Å². The molecule has 1 aliphatic rings. The highest BCUT2D eigenvalue weighted by molar-refractivity contribution is 6.31. The van der Waals surface area contributed by atoms with Gasteiger partial charge in [-0.2, -0.15) is 0 Å². The highest BCUT2D eigenvalue weighted by Crippen LogP contribution is 2.47. The standard InChI is InChI=1S/C19H17ClF2N2O3/c1-19(2)8-11-10(4-6-14(22)15(11)16(19)24-18(26)27)17(25)23-9-3-5-13(21)12(20)7-9/h3-7,16,24H,8H2,1-2H3,(H,23,25)(H,26,27). The molecular formula is C19H17ClF2N2O3. The summed E-state index contributed by atoms with van der Waals surface area (Å²) in [6.07, 6.45) is -0.950. The monoisotopic (exact) mass is 394 g/mol. The van der Waals surface area contributed by atoms with Crippen LogP contribution in [0.2, 0.25) is 5.02 Å². The highest BCUT2D eigenvalue weighted by Gasteiger charge is 2.43. The Morgan fingerprint density at radius 1 is 1.19 bits per heavy atom. The summed E-state index contributed by atoms with van der Waals surface area (Å²) in [7, 11) is 0. The SMILES string of the molecule is CC1(C)Cc2c(C(=O)Nc3ccc(F)c(Cl)c3)ccc(F)c2C1NC(=O)O. The summed E-state index contributed by atoms with van der Waals surface area (Å²) in [6.45, 7) is 3.60. The second kappa shape index (κ2) is 6.81. The molecule has 0 radical (unpaired) electrons. The highest BCUT2D eigenvalue weighted by atomic mass is 35.5. The molecule has 1 atom stereocenters. The van der Waals surface area contributed by atoms with E-state index in [4.69, 9.17) is 16.7 Å². The molecule has 0 saturated carbocycles. The van der Waals surface area contributed by atoms with Crippen molar-refractivity contribution in [2.24, 2.45) is 5.41 Å². The van der Waals surface area contributed by atoms with Gasteiger partial charge in [0.1, 0.15) is 11.6 Å². The first-order chi connectivity index (χ1) is 12.6. The molecule has 0 saturated heterocycles. The first-order valence-electron chi connectivity index (χ1n) is 8.17. The molecule has 0 aromatic heterocycles. The largest absolute Gasteiger partial charge is 0.465 e. The summed E-state index contributed by atoms with van der Waals surface area (Å²) in [5, 5.41) is 13.9. The predicted molar refractivity (Wildman–Crippen MR) is 97.1 cm³/mol. The van der Waals surface area contributed by atoms with Crippen LogP contribution in [0.15, 0.2) is 30.3 Å². The van der Waals surface area contributed by atoms with E-state index in [-0.39, 0.29) is 16.1 Å². The van der Waals surface area contributed by atoms with E-state index < -0.39 is 35.1 Å². The Hall–Kier alpha value is -2.67. The third-order valence-electron chi connectivity index (χ3n) is 4.70. The van der Waals surface area contributed by atoms with Gasteiger partial charge in [0.25, 0.3) is 5.91 Å². The molecule has 1 unspecified atom stereocenters. The van der Waals surface area contributed by atoms with Gasteiger partial charge < -0.3 is 15.7 Å². The minimum absolute atomic E-state index is 0.135. The Labute approximate surface area is 159 Å². The predicted octanol–water partition coefficient (Wildman–Crippen LogP) is 4.76. The van der Waals surface area contributed by atoms with Crippen LogP contribution < -0.4 is 10.6 Å². The molecule has 142 valence electrons. The number of carbonyl (C=O) groups is 2. The molecule has 0 spiro atoms. The first kappa shape index (κ1) is 19.1. The molecule has 5 nitrogen and oxygen atoms in total. The van der Waals surface area contributed by atoms with E-state index >= 15 is 0 Å². The van der Waals surface area contributed by atoms with Gasteiger partial charge in [-0.3, -0.25) is 4.79 Å². The maximum absolute atomic E-state index is 14.5. The lowest BCUT2D eigenvalue weighted by molar-refractivity contribution is 0.102. The van der Waals surface area contributed by atoms with Gasteiger partial charge in [0.15, 0.2) is 0 Å². The maximum atomic E-state index is 14.5. The van der Waals surface area contributed by atoms with Crippen molar-refractivity contribution in [2.45, 2.75) is 26.3 Å². The van der Waals surface area contributed by atoms with Crippen molar-refractivity contribution in [3.8, 4) is 0 Å². The number of halogens is 3. The normalized spacial score (nSPS) is 17.3. The lowest BCUT2D eigenvalue weighted by atomic mass is 9.85. The van der Waals surface area contributed by atoms with Crippen molar-refractivity contribution < 1.29 is 23.5 Å². The molecule has 2 aromatic rings. The van der Waals surface area contributed by atoms with E-state index in [1.54, 1.807) is 13.8 Å². The number of carbonyl (C=O) groups excluding carboxylic acids is 1. The number of amides is 2. The number of anilines is 1. The van der Waals surface area contributed by atoms with Crippen molar-refractivity contribution in [3.05, 3.63) is 63.7 Å². The fourth-order valence-electron chi connectivity index (χ4n) is 3.46. The summed E-state index contributed by atoms with van der Waals surface area (Å²) in [5.74, 6) is -1.70. The molecule has 27 heavy (non-hydrogen) atoms. The van der Waals surface area contributed by atoms with Crippen molar-refractivity contribution in [3.63, 3.8) is 0 Å². The molecule has 0 fully saturated rings. The van der Waals surface area contributed by atoms with Crippen LogP contribution in [0.4, 0.5) is 19.3 Å². The van der Waals surface area contributed by atoms with Crippen molar-refractivity contribution in [2.75, 3.05) is 5.32 Å². The topological polar surface area (TPSA) is 78.4 Å². The Kier molecular flexibility index (Phi) is 4.82. The fourth-order valence-corrected chi connectivity index (χ4v) is 3.64. The molecule has 0 bridgehead atoms.